The Balaban J connectivity index is 2.18. The molecule has 0 spiro atoms. The fourth-order valence-corrected chi connectivity index (χ4v) is 1.52. The SMILES string of the molecule is CCCCCNC(=O)Cc1ccn(C)c1. The smallest absolute Gasteiger partial charge is 0.224 e. The van der Waals surface area contributed by atoms with Crippen LogP contribution in [0.3, 0.4) is 0 Å². The zero-order chi connectivity index (χ0) is 11.1. The molecule has 3 nitrogen and oxygen atoms in total. The second-order valence-electron chi connectivity index (χ2n) is 3.92. The number of amides is 1. The summed E-state index contributed by atoms with van der Waals surface area (Å²) in [4.78, 5) is 11.5. The Morgan fingerprint density at radius 1 is 1.47 bits per heavy atom. The van der Waals surface area contributed by atoms with Crippen molar-refractivity contribution in [1.82, 2.24) is 9.88 Å². The summed E-state index contributed by atoms with van der Waals surface area (Å²) in [6, 6.07) is 1.98. The second-order valence-corrected chi connectivity index (χ2v) is 3.92. The van der Waals surface area contributed by atoms with Crippen LogP contribution in [0.25, 0.3) is 0 Å². The number of nitrogens with one attached hydrogen (secondary N) is 1. The van der Waals surface area contributed by atoms with Gasteiger partial charge in [-0.15, -0.1) is 0 Å². The Bertz CT molecular complexity index is 304. The molecule has 0 aliphatic heterocycles. The van der Waals surface area contributed by atoms with Crippen molar-refractivity contribution < 1.29 is 4.79 Å². The molecule has 0 bridgehead atoms. The average Bonchev–Trinajstić information content (AvgIpc) is 2.59. The minimum absolute atomic E-state index is 0.123. The molecular formula is C12H20N2O. The second kappa shape index (κ2) is 6.27. The van der Waals surface area contributed by atoms with Crippen LogP contribution < -0.4 is 5.32 Å². The number of nitrogens with zero attached hydrogens (tertiary/aromatic N) is 1. The maximum atomic E-state index is 11.5. The number of aryl methyl sites for hydroxylation is 1. The molecule has 3 heteroatoms. The lowest BCUT2D eigenvalue weighted by Crippen LogP contribution is -2.25. The Morgan fingerprint density at radius 3 is 2.87 bits per heavy atom. The van der Waals surface area contributed by atoms with E-state index in [0.717, 1.165) is 18.5 Å². The predicted octanol–water partition coefficient (Wildman–Crippen LogP) is 1.87. The molecule has 1 amide bonds. The zero-order valence-electron chi connectivity index (χ0n) is 9.62. The molecule has 0 aromatic carbocycles. The molecule has 0 fully saturated rings. The Morgan fingerprint density at radius 2 is 2.27 bits per heavy atom. The summed E-state index contributed by atoms with van der Waals surface area (Å²) < 4.78 is 1.96. The van der Waals surface area contributed by atoms with Crippen LogP contribution in [0, 0.1) is 0 Å². The Hall–Kier alpha value is -1.25. The number of carbonyl (C=O) groups is 1. The van der Waals surface area contributed by atoms with Gasteiger partial charge in [0.2, 0.25) is 5.91 Å². The molecule has 1 rings (SSSR count). The third-order valence-corrected chi connectivity index (χ3v) is 2.36. The van der Waals surface area contributed by atoms with Crippen LogP contribution >= 0.6 is 0 Å². The van der Waals surface area contributed by atoms with E-state index in [1.54, 1.807) is 0 Å². The van der Waals surface area contributed by atoms with E-state index in [0.29, 0.717) is 6.42 Å². The van der Waals surface area contributed by atoms with E-state index in [1.807, 2.05) is 30.1 Å². The molecule has 0 aliphatic rings. The van der Waals surface area contributed by atoms with Crippen molar-refractivity contribution >= 4 is 5.91 Å². The number of unbranched alkanes of at least 4 members (excludes halogenated alkanes) is 2. The van der Waals surface area contributed by atoms with Crippen LogP contribution in [-0.4, -0.2) is 17.0 Å². The van der Waals surface area contributed by atoms with E-state index in [9.17, 15) is 4.79 Å². The maximum Gasteiger partial charge on any atom is 0.224 e. The van der Waals surface area contributed by atoms with Crippen LogP contribution in [0.2, 0.25) is 0 Å². The van der Waals surface area contributed by atoms with Gasteiger partial charge in [0.05, 0.1) is 6.42 Å². The van der Waals surface area contributed by atoms with Crippen molar-refractivity contribution in [3.63, 3.8) is 0 Å². The molecule has 0 unspecified atom stereocenters. The van der Waals surface area contributed by atoms with E-state index in [4.69, 9.17) is 0 Å². The molecule has 1 N–H and O–H groups in total. The van der Waals surface area contributed by atoms with Gasteiger partial charge in [0.25, 0.3) is 0 Å². The molecule has 15 heavy (non-hydrogen) atoms. The molecule has 0 aliphatic carbocycles. The maximum absolute atomic E-state index is 11.5. The highest BCUT2D eigenvalue weighted by Gasteiger charge is 2.02. The van der Waals surface area contributed by atoms with Crippen LogP contribution in [0.4, 0.5) is 0 Å². The number of hydrogen-bond donors (Lipinski definition) is 1. The standard InChI is InChI=1S/C12H20N2O/c1-3-4-5-7-13-12(15)9-11-6-8-14(2)10-11/h6,8,10H,3-5,7,9H2,1-2H3,(H,13,15). The van der Waals surface area contributed by atoms with Gasteiger partial charge in [0, 0.05) is 26.0 Å². The highest BCUT2D eigenvalue weighted by molar-refractivity contribution is 5.78. The van der Waals surface area contributed by atoms with Crippen molar-refractivity contribution in [1.29, 1.82) is 0 Å². The molecule has 0 saturated heterocycles. The van der Waals surface area contributed by atoms with Gasteiger partial charge < -0.3 is 9.88 Å². The minimum Gasteiger partial charge on any atom is -0.357 e. The fraction of sp³-hybridized carbons (Fsp3) is 0.583. The average molecular weight is 208 g/mol. The molecule has 1 aromatic heterocycles. The number of carbonyl (C=O) groups excluding carboxylic acids is 1. The van der Waals surface area contributed by atoms with Gasteiger partial charge in [-0.25, -0.2) is 0 Å². The first-order valence-corrected chi connectivity index (χ1v) is 5.60. The van der Waals surface area contributed by atoms with E-state index < -0.39 is 0 Å². The first-order valence-electron chi connectivity index (χ1n) is 5.60. The summed E-state index contributed by atoms with van der Waals surface area (Å²) in [7, 11) is 1.96. The van der Waals surface area contributed by atoms with Crippen LogP contribution in [0.5, 0.6) is 0 Å². The molecule has 0 saturated carbocycles. The summed E-state index contributed by atoms with van der Waals surface area (Å²) in [6.07, 6.45) is 7.88. The fourth-order valence-electron chi connectivity index (χ4n) is 1.52. The van der Waals surface area contributed by atoms with Gasteiger partial charge in [-0.2, -0.15) is 0 Å². The Kier molecular flexibility index (Phi) is 4.95. The first-order chi connectivity index (χ1) is 7.22. The first kappa shape index (κ1) is 11.8. The third-order valence-electron chi connectivity index (χ3n) is 2.36. The molecule has 0 atom stereocenters. The largest absolute Gasteiger partial charge is 0.357 e. The number of rotatable bonds is 6. The van der Waals surface area contributed by atoms with Crippen LogP contribution in [0.15, 0.2) is 18.5 Å². The summed E-state index contributed by atoms with van der Waals surface area (Å²) in [5, 5.41) is 2.93. The lowest BCUT2D eigenvalue weighted by Gasteiger charge is -2.03. The monoisotopic (exact) mass is 208 g/mol. The normalized spacial score (nSPS) is 10.3. The van der Waals surface area contributed by atoms with Gasteiger partial charge in [-0.3, -0.25) is 4.79 Å². The molecule has 1 heterocycles. The summed E-state index contributed by atoms with van der Waals surface area (Å²) in [6.45, 7) is 2.96. The van der Waals surface area contributed by atoms with Gasteiger partial charge in [0.1, 0.15) is 0 Å². The molecule has 0 radical (unpaired) electrons. The van der Waals surface area contributed by atoms with E-state index in [-0.39, 0.29) is 5.91 Å². The quantitative estimate of drug-likeness (QED) is 0.711. The van der Waals surface area contributed by atoms with E-state index in [2.05, 4.69) is 12.2 Å². The van der Waals surface area contributed by atoms with Crippen molar-refractivity contribution in [3.05, 3.63) is 24.0 Å². The highest BCUT2D eigenvalue weighted by Crippen LogP contribution is 2.00. The van der Waals surface area contributed by atoms with Crippen LogP contribution in [0.1, 0.15) is 31.7 Å². The van der Waals surface area contributed by atoms with Crippen LogP contribution in [-0.2, 0) is 18.3 Å². The summed E-state index contributed by atoms with van der Waals surface area (Å²) in [5.74, 6) is 0.123. The number of aromatic nitrogens is 1. The van der Waals surface area contributed by atoms with Gasteiger partial charge >= 0.3 is 0 Å². The van der Waals surface area contributed by atoms with Crippen molar-refractivity contribution in [3.8, 4) is 0 Å². The third kappa shape index (κ3) is 4.68. The van der Waals surface area contributed by atoms with E-state index >= 15 is 0 Å². The summed E-state index contributed by atoms with van der Waals surface area (Å²) in [5.41, 5.74) is 1.07. The van der Waals surface area contributed by atoms with Gasteiger partial charge in [0.15, 0.2) is 0 Å². The zero-order valence-corrected chi connectivity index (χ0v) is 9.62. The van der Waals surface area contributed by atoms with Crippen molar-refractivity contribution in [2.45, 2.75) is 32.6 Å². The molecule has 1 aromatic rings. The lowest BCUT2D eigenvalue weighted by atomic mass is 10.2. The number of hydrogen-bond acceptors (Lipinski definition) is 1. The van der Waals surface area contributed by atoms with Crippen molar-refractivity contribution in [2.75, 3.05) is 6.54 Å². The minimum atomic E-state index is 0.123. The van der Waals surface area contributed by atoms with Gasteiger partial charge in [-0.1, -0.05) is 19.8 Å². The highest BCUT2D eigenvalue weighted by atomic mass is 16.1. The lowest BCUT2D eigenvalue weighted by molar-refractivity contribution is -0.120. The Labute approximate surface area is 91.5 Å². The predicted molar refractivity (Wildman–Crippen MR) is 61.7 cm³/mol. The summed E-state index contributed by atoms with van der Waals surface area (Å²) >= 11 is 0. The van der Waals surface area contributed by atoms with Crippen molar-refractivity contribution in [2.24, 2.45) is 7.05 Å². The topological polar surface area (TPSA) is 34.0 Å². The van der Waals surface area contributed by atoms with E-state index in [1.165, 1.54) is 12.8 Å². The molecule has 84 valence electrons. The van der Waals surface area contributed by atoms with Gasteiger partial charge in [-0.05, 0) is 18.1 Å². The molecular weight excluding hydrogens is 188 g/mol.